The summed E-state index contributed by atoms with van der Waals surface area (Å²) in [5.41, 5.74) is 3.44. The summed E-state index contributed by atoms with van der Waals surface area (Å²) in [6.45, 7) is 5.18. The number of likely N-dealkylation sites (tertiary alicyclic amines) is 1. The third-order valence-corrected chi connectivity index (χ3v) is 2.95. The molecular formula is C11H18N4O. The van der Waals surface area contributed by atoms with Gasteiger partial charge in [-0.1, -0.05) is 6.92 Å². The van der Waals surface area contributed by atoms with Gasteiger partial charge in [-0.05, 0) is 14.0 Å². The number of piperidine rings is 1. The van der Waals surface area contributed by atoms with Crippen LogP contribution in [0, 0.1) is 17.2 Å². The summed E-state index contributed by atoms with van der Waals surface area (Å²) in [6.07, 6.45) is 0.727. The number of rotatable bonds is 2. The molecule has 16 heavy (non-hydrogen) atoms. The van der Waals surface area contributed by atoms with E-state index in [1.807, 2.05) is 0 Å². The van der Waals surface area contributed by atoms with E-state index in [1.165, 1.54) is 0 Å². The molecule has 1 heterocycles. The van der Waals surface area contributed by atoms with Crippen LogP contribution in [0.4, 0.5) is 0 Å². The van der Waals surface area contributed by atoms with Crippen LogP contribution in [-0.2, 0) is 4.79 Å². The van der Waals surface area contributed by atoms with Crippen LogP contribution in [-0.4, -0.2) is 36.2 Å². The van der Waals surface area contributed by atoms with Crippen molar-refractivity contribution in [2.24, 2.45) is 11.0 Å². The van der Waals surface area contributed by atoms with Gasteiger partial charge in [-0.2, -0.15) is 10.4 Å². The molecule has 1 aliphatic heterocycles. The van der Waals surface area contributed by atoms with Gasteiger partial charge < -0.3 is 4.90 Å². The molecule has 0 aromatic rings. The van der Waals surface area contributed by atoms with Crippen molar-refractivity contribution in [3.8, 4) is 6.07 Å². The lowest BCUT2D eigenvalue weighted by Crippen LogP contribution is -2.43. The Bertz CT molecular complexity index is 331. The highest BCUT2D eigenvalue weighted by Crippen LogP contribution is 2.17. The summed E-state index contributed by atoms with van der Waals surface area (Å²) in [7, 11) is 2.09. The van der Waals surface area contributed by atoms with Gasteiger partial charge in [0.25, 0.3) is 5.91 Å². The van der Waals surface area contributed by atoms with Crippen LogP contribution in [0.15, 0.2) is 5.10 Å². The number of carbonyl (C=O) groups is 1. The molecular weight excluding hydrogens is 204 g/mol. The first-order valence-corrected chi connectivity index (χ1v) is 5.47. The lowest BCUT2D eigenvalue weighted by molar-refractivity contribution is -0.120. The minimum Gasteiger partial charge on any atom is -0.303 e. The molecule has 1 aliphatic rings. The van der Waals surface area contributed by atoms with Crippen LogP contribution >= 0.6 is 0 Å². The maximum absolute atomic E-state index is 11.1. The van der Waals surface area contributed by atoms with Crippen molar-refractivity contribution in [1.29, 1.82) is 5.26 Å². The molecule has 0 aromatic carbocycles. The fourth-order valence-corrected chi connectivity index (χ4v) is 1.78. The number of nitrogens with zero attached hydrogens (tertiary/aromatic N) is 3. The number of carbonyl (C=O) groups excluding carboxylic acids is 1. The number of hydrazone groups is 1. The second kappa shape index (κ2) is 5.61. The normalized spacial score (nSPS) is 28.8. The average molecular weight is 222 g/mol. The first-order valence-electron chi connectivity index (χ1n) is 5.47. The monoisotopic (exact) mass is 222 g/mol. The van der Waals surface area contributed by atoms with Gasteiger partial charge in [0.1, 0.15) is 6.42 Å². The van der Waals surface area contributed by atoms with Crippen molar-refractivity contribution < 1.29 is 4.79 Å². The Morgan fingerprint density at radius 3 is 3.00 bits per heavy atom. The van der Waals surface area contributed by atoms with Crippen LogP contribution < -0.4 is 5.43 Å². The quantitative estimate of drug-likeness (QED) is 0.700. The third-order valence-electron chi connectivity index (χ3n) is 2.95. The predicted molar refractivity (Wildman–Crippen MR) is 61.7 cm³/mol. The van der Waals surface area contributed by atoms with Gasteiger partial charge in [-0.25, -0.2) is 5.43 Å². The van der Waals surface area contributed by atoms with Crippen molar-refractivity contribution >= 4 is 11.6 Å². The maximum atomic E-state index is 11.1. The number of amides is 1. The summed E-state index contributed by atoms with van der Waals surface area (Å²) in [4.78, 5) is 13.4. The highest BCUT2D eigenvalue weighted by molar-refractivity contribution is 5.89. The van der Waals surface area contributed by atoms with E-state index in [2.05, 4.69) is 36.3 Å². The van der Waals surface area contributed by atoms with Gasteiger partial charge in [0, 0.05) is 30.6 Å². The molecule has 5 heteroatoms. The topological polar surface area (TPSA) is 68.5 Å². The molecule has 5 nitrogen and oxygen atoms in total. The zero-order valence-electron chi connectivity index (χ0n) is 10.0. The molecule has 0 aromatic heterocycles. The van der Waals surface area contributed by atoms with Gasteiger partial charge in [0.05, 0.1) is 6.07 Å². The molecule has 0 aliphatic carbocycles. The molecule has 1 rings (SSSR count). The van der Waals surface area contributed by atoms with E-state index in [0.29, 0.717) is 12.0 Å². The fraction of sp³-hybridized carbons (Fsp3) is 0.727. The van der Waals surface area contributed by atoms with E-state index in [0.717, 1.165) is 18.7 Å². The van der Waals surface area contributed by atoms with Crippen LogP contribution in [0.2, 0.25) is 0 Å². The second-order valence-electron chi connectivity index (χ2n) is 4.37. The molecule has 1 N–H and O–H groups in total. The SMILES string of the molecule is C[C@@H]1CN(C)[C@@H](C)C/C1=N\NC(=O)CC#N. The van der Waals surface area contributed by atoms with Crippen LogP contribution in [0.25, 0.3) is 0 Å². The summed E-state index contributed by atoms with van der Waals surface area (Å²) < 4.78 is 0. The molecule has 0 unspecified atom stereocenters. The van der Waals surface area contributed by atoms with E-state index >= 15 is 0 Å². The minimum atomic E-state index is -0.339. The highest BCUT2D eigenvalue weighted by Gasteiger charge is 2.25. The standard InChI is InChI=1S/C11H18N4O/c1-8-7-15(3)9(2)6-10(8)13-14-11(16)4-5-12/h8-9H,4,6-7H2,1-3H3,(H,14,16)/b13-10+/t8-,9+/m1/s1. The van der Waals surface area contributed by atoms with Crippen LogP contribution in [0.1, 0.15) is 26.7 Å². The van der Waals surface area contributed by atoms with E-state index in [9.17, 15) is 4.79 Å². The smallest absolute Gasteiger partial charge is 0.254 e. The lowest BCUT2D eigenvalue weighted by atomic mass is 9.93. The van der Waals surface area contributed by atoms with Gasteiger partial charge in [-0.3, -0.25) is 4.79 Å². The van der Waals surface area contributed by atoms with Crippen molar-refractivity contribution in [3.05, 3.63) is 0 Å². The number of nitriles is 1. The zero-order valence-corrected chi connectivity index (χ0v) is 10.0. The molecule has 1 fully saturated rings. The number of hydrogen-bond donors (Lipinski definition) is 1. The van der Waals surface area contributed by atoms with Crippen molar-refractivity contribution in [2.45, 2.75) is 32.7 Å². The van der Waals surface area contributed by atoms with Gasteiger partial charge >= 0.3 is 0 Å². The van der Waals surface area contributed by atoms with E-state index in [4.69, 9.17) is 5.26 Å². The molecule has 1 amide bonds. The summed E-state index contributed by atoms with van der Waals surface area (Å²) >= 11 is 0. The van der Waals surface area contributed by atoms with Gasteiger partial charge in [-0.15, -0.1) is 0 Å². The Labute approximate surface area is 96.1 Å². The third kappa shape index (κ3) is 3.31. The van der Waals surface area contributed by atoms with Crippen LogP contribution in [0.5, 0.6) is 0 Å². The molecule has 0 spiro atoms. The van der Waals surface area contributed by atoms with E-state index < -0.39 is 0 Å². The zero-order chi connectivity index (χ0) is 12.1. The predicted octanol–water partition coefficient (Wildman–Crippen LogP) is 0.732. The maximum Gasteiger partial charge on any atom is 0.254 e. The Morgan fingerprint density at radius 1 is 1.69 bits per heavy atom. The summed E-state index contributed by atoms with van der Waals surface area (Å²) in [5, 5.41) is 12.4. The van der Waals surface area contributed by atoms with Gasteiger partial charge in [0.2, 0.25) is 0 Å². The first-order chi connectivity index (χ1) is 7.54. The summed E-state index contributed by atoms with van der Waals surface area (Å²) in [5.74, 6) is 0.0115. The van der Waals surface area contributed by atoms with Crippen molar-refractivity contribution in [1.82, 2.24) is 10.3 Å². The van der Waals surface area contributed by atoms with E-state index in [-0.39, 0.29) is 12.3 Å². The first kappa shape index (κ1) is 12.7. The second-order valence-corrected chi connectivity index (χ2v) is 4.37. The minimum absolute atomic E-state index is 0.138. The highest BCUT2D eigenvalue weighted by atomic mass is 16.2. The van der Waals surface area contributed by atoms with Crippen molar-refractivity contribution in [2.75, 3.05) is 13.6 Å². The largest absolute Gasteiger partial charge is 0.303 e. The fourth-order valence-electron chi connectivity index (χ4n) is 1.78. The Balaban J connectivity index is 2.56. The Hall–Kier alpha value is -1.41. The van der Waals surface area contributed by atoms with Crippen LogP contribution in [0.3, 0.4) is 0 Å². The molecule has 2 atom stereocenters. The number of hydrogen-bond acceptors (Lipinski definition) is 4. The molecule has 0 saturated carbocycles. The molecule has 88 valence electrons. The number of nitrogens with one attached hydrogen (secondary N) is 1. The van der Waals surface area contributed by atoms with E-state index in [1.54, 1.807) is 6.07 Å². The average Bonchev–Trinajstić information content (AvgIpc) is 2.22. The lowest BCUT2D eigenvalue weighted by Gasteiger charge is -2.34. The summed E-state index contributed by atoms with van der Waals surface area (Å²) in [6, 6.07) is 2.24. The van der Waals surface area contributed by atoms with Crippen molar-refractivity contribution in [3.63, 3.8) is 0 Å². The Morgan fingerprint density at radius 2 is 2.38 bits per heavy atom. The molecule has 0 radical (unpaired) electrons. The Kier molecular flexibility index (Phi) is 4.44. The molecule has 1 saturated heterocycles. The molecule has 0 bridgehead atoms. The van der Waals surface area contributed by atoms with Gasteiger partial charge in [0.15, 0.2) is 0 Å².